The lowest BCUT2D eigenvalue weighted by molar-refractivity contribution is -0.385. The number of nitrogens with one attached hydrogen (secondary N) is 1. The van der Waals surface area contributed by atoms with Crippen LogP contribution in [0.4, 0.5) is 26.0 Å². The first-order valence-corrected chi connectivity index (χ1v) is 7.46. The van der Waals surface area contributed by atoms with Crippen molar-refractivity contribution in [1.82, 2.24) is 9.38 Å². The van der Waals surface area contributed by atoms with E-state index in [1.54, 1.807) is 6.07 Å². The maximum atomic E-state index is 12.5. The minimum atomic E-state index is -3.09. The molecule has 0 saturated carbocycles. The molecule has 3 aromatic rings. The van der Waals surface area contributed by atoms with Crippen molar-refractivity contribution >= 4 is 22.8 Å². The number of hydrogen-bond donors (Lipinski definition) is 1. The van der Waals surface area contributed by atoms with Gasteiger partial charge in [0.2, 0.25) is 5.82 Å². The van der Waals surface area contributed by atoms with Crippen LogP contribution in [0.5, 0.6) is 11.5 Å². The van der Waals surface area contributed by atoms with Crippen molar-refractivity contribution < 1.29 is 23.2 Å². The Morgan fingerprint density at radius 2 is 2.04 bits per heavy atom. The standard InChI is InChI=1S/C16H12F2N4O5/c1-26-10-6-5-9(8-11(10)27-16(17)18)19-14-13(22(24)25)15(23)21-7-3-2-4-12(21)20-14/h2-8,16,19H,1H3. The van der Waals surface area contributed by atoms with Gasteiger partial charge < -0.3 is 14.8 Å². The largest absolute Gasteiger partial charge is 0.493 e. The van der Waals surface area contributed by atoms with Crippen LogP contribution in [0.3, 0.4) is 0 Å². The Hall–Kier alpha value is -3.76. The van der Waals surface area contributed by atoms with E-state index in [1.165, 1.54) is 37.6 Å². The van der Waals surface area contributed by atoms with Gasteiger partial charge in [0.1, 0.15) is 5.65 Å². The molecule has 2 heterocycles. The molecule has 27 heavy (non-hydrogen) atoms. The zero-order valence-electron chi connectivity index (χ0n) is 13.8. The predicted molar refractivity (Wildman–Crippen MR) is 91.0 cm³/mol. The van der Waals surface area contributed by atoms with Gasteiger partial charge in [0, 0.05) is 18.0 Å². The van der Waals surface area contributed by atoms with E-state index < -0.39 is 22.8 Å². The number of halogens is 2. The number of anilines is 2. The van der Waals surface area contributed by atoms with Gasteiger partial charge in [0.05, 0.1) is 12.0 Å². The van der Waals surface area contributed by atoms with Gasteiger partial charge in [0.15, 0.2) is 11.5 Å². The van der Waals surface area contributed by atoms with Gasteiger partial charge in [-0.25, -0.2) is 4.98 Å². The molecule has 0 unspecified atom stereocenters. The summed E-state index contributed by atoms with van der Waals surface area (Å²) in [5.74, 6) is -0.566. The van der Waals surface area contributed by atoms with Crippen LogP contribution in [0, 0.1) is 10.1 Å². The normalized spacial score (nSPS) is 10.8. The molecule has 0 spiro atoms. The van der Waals surface area contributed by atoms with Crippen LogP contribution in [0.1, 0.15) is 0 Å². The Morgan fingerprint density at radius 3 is 2.70 bits per heavy atom. The Labute approximate surface area is 149 Å². The number of nitro groups is 1. The van der Waals surface area contributed by atoms with Crippen molar-refractivity contribution in [2.24, 2.45) is 0 Å². The van der Waals surface area contributed by atoms with Crippen molar-refractivity contribution in [3.8, 4) is 11.5 Å². The molecule has 0 radical (unpaired) electrons. The lowest BCUT2D eigenvalue weighted by atomic mass is 10.2. The summed E-state index contributed by atoms with van der Waals surface area (Å²) in [6.45, 7) is -3.09. The van der Waals surface area contributed by atoms with Crippen molar-refractivity contribution in [3.05, 3.63) is 63.1 Å². The molecular formula is C16H12F2N4O5. The molecule has 0 aliphatic rings. The molecule has 0 atom stereocenters. The second-order valence-corrected chi connectivity index (χ2v) is 5.17. The molecule has 0 aliphatic carbocycles. The molecule has 0 bridgehead atoms. The molecule has 11 heteroatoms. The summed E-state index contributed by atoms with van der Waals surface area (Å²) in [6.07, 6.45) is 1.35. The third-order valence-electron chi connectivity index (χ3n) is 3.54. The van der Waals surface area contributed by atoms with Crippen molar-refractivity contribution in [2.45, 2.75) is 6.61 Å². The molecule has 1 N–H and O–H groups in total. The fourth-order valence-corrected chi connectivity index (χ4v) is 2.41. The molecule has 3 rings (SSSR count). The lowest BCUT2D eigenvalue weighted by Gasteiger charge is -2.12. The highest BCUT2D eigenvalue weighted by atomic mass is 19.3. The molecule has 0 saturated heterocycles. The van der Waals surface area contributed by atoms with Gasteiger partial charge in [-0.1, -0.05) is 6.07 Å². The first-order chi connectivity index (χ1) is 12.9. The van der Waals surface area contributed by atoms with E-state index in [0.717, 1.165) is 10.5 Å². The zero-order chi connectivity index (χ0) is 19.6. The van der Waals surface area contributed by atoms with Crippen LogP contribution in [-0.4, -0.2) is 28.0 Å². The SMILES string of the molecule is COc1ccc(Nc2nc3ccccn3c(=O)c2[N+](=O)[O-])cc1OC(F)F. The quantitative estimate of drug-likeness (QED) is 0.519. The van der Waals surface area contributed by atoms with E-state index in [2.05, 4.69) is 15.0 Å². The second-order valence-electron chi connectivity index (χ2n) is 5.17. The van der Waals surface area contributed by atoms with Crippen LogP contribution in [0.2, 0.25) is 0 Å². The molecule has 0 amide bonds. The van der Waals surface area contributed by atoms with E-state index in [4.69, 9.17) is 4.74 Å². The van der Waals surface area contributed by atoms with E-state index in [9.17, 15) is 23.7 Å². The lowest BCUT2D eigenvalue weighted by Crippen LogP contribution is -2.20. The molecule has 1 aromatic carbocycles. The van der Waals surface area contributed by atoms with Gasteiger partial charge in [0.25, 0.3) is 0 Å². The number of nitrogens with zero attached hydrogens (tertiary/aromatic N) is 3. The molecule has 2 aromatic heterocycles. The summed E-state index contributed by atoms with van der Waals surface area (Å²) < 4.78 is 35.4. The first-order valence-electron chi connectivity index (χ1n) is 7.46. The second kappa shape index (κ2) is 7.23. The molecule has 0 fully saturated rings. The summed E-state index contributed by atoms with van der Waals surface area (Å²) in [4.78, 5) is 27.0. The van der Waals surface area contributed by atoms with Crippen molar-refractivity contribution in [1.29, 1.82) is 0 Å². The fourth-order valence-electron chi connectivity index (χ4n) is 2.41. The third kappa shape index (κ3) is 3.61. The number of methoxy groups -OCH3 is 1. The monoisotopic (exact) mass is 378 g/mol. The van der Waals surface area contributed by atoms with Gasteiger partial charge in [-0.15, -0.1) is 0 Å². The Bertz CT molecular complexity index is 1070. The minimum absolute atomic E-state index is 0.0434. The molecule has 0 aliphatic heterocycles. The van der Waals surface area contributed by atoms with Gasteiger partial charge >= 0.3 is 17.9 Å². The first kappa shape index (κ1) is 18.0. The zero-order valence-corrected chi connectivity index (χ0v) is 13.8. The van der Waals surface area contributed by atoms with Crippen LogP contribution in [-0.2, 0) is 0 Å². The van der Waals surface area contributed by atoms with Crippen LogP contribution in [0.15, 0.2) is 47.4 Å². The summed E-state index contributed by atoms with van der Waals surface area (Å²) in [6, 6.07) is 8.54. The van der Waals surface area contributed by atoms with E-state index in [-0.39, 0.29) is 28.7 Å². The molecular weight excluding hydrogens is 366 g/mol. The number of aromatic nitrogens is 2. The van der Waals surface area contributed by atoms with E-state index in [0.29, 0.717) is 0 Å². The Kier molecular flexibility index (Phi) is 4.83. The smallest absolute Gasteiger partial charge is 0.387 e. The van der Waals surface area contributed by atoms with E-state index in [1.807, 2.05) is 0 Å². The fraction of sp³-hybridized carbons (Fsp3) is 0.125. The average Bonchev–Trinajstić information content (AvgIpc) is 2.61. The number of hydrogen-bond acceptors (Lipinski definition) is 7. The summed E-state index contributed by atoms with van der Waals surface area (Å²) in [7, 11) is 1.28. The molecule has 140 valence electrons. The maximum Gasteiger partial charge on any atom is 0.387 e. The summed E-state index contributed by atoms with van der Waals surface area (Å²) >= 11 is 0. The van der Waals surface area contributed by atoms with Crippen LogP contribution in [0.25, 0.3) is 5.65 Å². The number of alkyl halides is 2. The minimum Gasteiger partial charge on any atom is -0.493 e. The number of fused-ring (bicyclic) bond motifs is 1. The van der Waals surface area contributed by atoms with Gasteiger partial charge in [-0.05, 0) is 24.3 Å². The Morgan fingerprint density at radius 1 is 1.26 bits per heavy atom. The van der Waals surface area contributed by atoms with E-state index >= 15 is 0 Å². The predicted octanol–water partition coefficient (Wildman–Crippen LogP) is 2.96. The number of ether oxygens (including phenoxy) is 2. The summed E-state index contributed by atoms with van der Waals surface area (Å²) in [5, 5.41) is 14.0. The van der Waals surface area contributed by atoms with Crippen LogP contribution >= 0.6 is 0 Å². The summed E-state index contributed by atoms with van der Waals surface area (Å²) in [5.41, 5.74) is -1.36. The number of benzene rings is 1. The van der Waals surface area contributed by atoms with Crippen LogP contribution < -0.4 is 20.3 Å². The highest BCUT2D eigenvalue weighted by molar-refractivity contribution is 5.69. The van der Waals surface area contributed by atoms with Crippen molar-refractivity contribution in [3.63, 3.8) is 0 Å². The Balaban J connectivity index is 2.10. The maximum absolute atomic E-state index is 12.5. The topological polar surface area (TPSA) is 108 Å². The number of pyridine rings is 1. The highest BCUT2D eigenvalue weighted by Crippen LogP contribution is 2.33. The molecule has 9 nitrogen and oxygen atoms in total. The average molecular weight is 378 g/mol. The highest BCUT2D eigenvalue weighted by Gasteiger charge is 2.24. The van der Waals surface area contributed by atoms with Gasteiger partial charge in [-0.3, -0.25) is 19.3 Å². The number of rotatable bonds is 6. The van der Waals surface area contributed by atoms with Crippen molar-refractivity contribution in [2.75, 3.05) is 12.4 Å². The third-order valence-corrected chi connectivity index (χ3v) is 3.54. The van der Waals surface area contributed by atoms with Gasteiger partial charge in [-0.2, -0.15) is 8.78 Å².